The molecule has 0 aliphatic carbocycles. The lowest BCUT2D eigenvalue weighted by Gasteiger charge is -2.30. The Kier molecular flexibility index (Phi) is 3.39. The van der Waals surface area contributed by atoms with Crippen LogP contribution < -0.4 is 0 Å². The molecule has 0 aromatic carbocycles. The Balaban J connectivity index is 2.47. The number of hydrogen-bond acceptors (Lipinski definition) is 2. The van der Waals surface area contributed by atoms with Gasteiger partial charge in [0, 0.05) is 38.1 Å². The van der Waals surface area contributed by atoms with Gasteiger partial charge in [-0.15, -0.1) is 0 Å². The minimum atomic E-state index is -2.70. The van der Waals surface area contributed by atoms with Gasteiger partial charge in [-0.1, -0.05) is 0 Å². The van der Waals surface area contributed by atoms with E-state index >= 15 is 0 Å². The summed E-state index contributed by atoms with van der Waals surface area (Å²) in [6, 6.07) is 0. The van der Waals surface area contributed by atoms with Gasteiger partial charge >= 0.3 is 5.97 Å². The summed E-state index contributed by atoms with van der Waals surface area (Å²) in [4.78, 5) is 22.6. The van der Waals surface area contributed by atoms with E-state index < -0.39 is 17.8 Å². The third kappa shape index (κ3) is 3.65. The quantitative estimate of drug-likeness (QED) is 0.701. The standard InChI is InChI=1S/C9H11F2NO3/c10-9(11)3-5-12(6-4-9)7(13)1-2-8(14)15/h1-2H,3-6H2,(H,14,15)/b2-1+. The highest BCUT2D eigenvalue weighted by atomic mass is 19.3. The van der Waals surface area contributed by atoms with E-state index in [2.05, 4.69) is 0 Å². The van der Waals surface area contributed by atoms with E-state index in [0.717, 1.165) is 6.08 Å². The molecular formula is C9H11F2NO3. The zero-order valence-corrected chi connectivity index (χ0v) is 7.95. The van der Waals surface area contributed by atoms with Crippen LogP contribution in [0.4, 0.5) is 8.78 Å². The number of carboxylic acids is 1. The summed E-state index contributed by atoms with van der Waals surface area (Å²) in [6.07, 6.45) is 0.861. The summed E-state index contributed by atoms with van der Waals surface area (Å²) in [5, 5.41) is 8.27. The summed E-state index contributed by atoms with van der Waals surface area (Å²) in [5.41, 5.74) is 0. The van der Waals surface area contributed by atoms with Crippen LogP contribution in [-0.4, -0.2) is 40.9 Å². The average Bonchev–Trinajstić information content (AvgIpc) is 2.14. The van der Waals surface area contributed by atoms with E-state index in [4.69, 9.17) is 5.11 Å². The summed E-state index contributed by atoms with van der Waals surface area (Å²) in [6.45, 7) is -0.0639. The fraction of sp³-hybridized carbons (Fsp3) is 0.556. The lowest BCUT2D eigenvalue weighted by molar-refractivity contribution is -0.134. The number of carboxylic acid groups (broad SMARTS) is 1. The minimum Gasteiger partial charge on any atom is -0.478 e. The van der Waals surface area contributed by atoms with Crippen LogP contribution in [0.15, 0.2) is 12.2 Å². The van der Waals surface area contributed by atoms with E-state index in [9.17, 15) is 18.4 Å². The molecule has 6 heteroatoms. The molecule has 1 aliphatic rings. The van der Waals surface area contributed by atoms with Gasteiger partial charge in [0.25, 0.3) is 5.92 Å². The van der Waals surface area contributed by atoms with Crippen molar-refractivity contribution >= 4 is 11.9 Å². The number of amides is 1. The molecule has 0 spiro atoms. The Hall–Kier alpha value is -1.46. The van der Waals surface area contributed by atoms with E-state index in [1.54, 1.807) is 0 Å². The van der Waals surface area contributed by atoms with Crippen molar-refractivity contribution in [3.05, 3.63) is 12.2 Å². The molecule has 15 heavy (non-hydrogen) atoms. The van der Waals surface area contributed by atoms with Crippen molar-refractivity contribution < 1.29 is 23.5 Å². The van der Waals surface area contributed by atoms with Crippen LogP contribution in [0.3, 0.4) is 0 Å². The van der Waals surface area contributed by atoms with Gasteiger partial charge in [-0.25, -0.2) is 13.6 Å². The topological polar surface area (TPSA) is 57.6 Å². The summed E-state index contributed by atoms with van der Waals surface area (Å²) < 4.78 is 25.4. The Labute approximate surface area is 85.2 Å². The van der Waals surface area contributed by atoms with E-state index in [-0.39, 0.29) is 25.9 Å². The van der Waals surface area contributed by atoms with Gasteiger partial charge in [0.2, 0.25) is 5.91 Å². The van der Waals surface area contributed by atoms with Gasteiger partial charge in [-0.3, -0.25) is 4.79 Å². The Morgan fingerprint density at radius 2 is 1.73 bits per heavy atom. The first-order chi connectivity index (χ1) is 6.91. The highest BCUT2D eigenvalue weighted by Crippen LogP contribution is 2.27. The highest BCUT2D eigenvalue weighted by Gasteiger charge is 2.34. The lowest BCUT2D eigenvalue weighted by atomic mass is 10.1. The number of rotatable bonds is 2. The van der Waals surface area contributed by atoms with E-state index in [0.29, 0.717) is 6.08 Å². The van der Waals surface area contributed by atoms with Crippen LogP contribution in [0.25, 0.3) is 0 Å². The van der Waals surface area contributed by atoms with Crippen molar-refractivity contribution in [1.82, 2.24) is 4.90 Å². The second kappa shape index (κ2) is 4.37. The number of aliphatic carboxylic acids is 1. The monoisotopic (exact) mass is 219 g/mol. The first-order valence-corrected chi connectivity index (χ1v) is 4.48. The van der Waals surface area contributed by atoms with Gasteiger partial charge in [-0.2, -0.15) is 0 Å². The van der Waals surface area contributed by atoms with Crippen molar-refractivity contribution in [2.24, 2.45) is 0 Å². The maximum absolute atomic E-state index is 12.7. The molecule has 1 saturated heterocycles. The highest BCUT2D eigenvalue weighted by molar-refractivity contribution is 5.93. The molecule has 0 aromatic rings. The van der Waals surface area contributed by atoms with Gasteiger partial charge < -0.3 is 10.0 Å². The summed E-state index contributed by atoms with van der Waals surface area (Å²) >= 11 is 0. The molecule has 1 amide bonds. The number of hydrogen-bond donors (Lipinski definition) is 1. The molecule has 1 fully saturated rings. The maximum Gasteiger partial charge on any atom is 0.328 e. The number of likely N-dealkylation sites (tertiary alicyclic amines) is 1. The van der Waals surface area contributed by atoms with Crippen molar-refractivity contribution in [3.8, 4) is 0 Å². The van der Waals surface area contributed by atoms with Crippen molar-refractivity contribution in [2.45, 2.75) is 18.8 Å². The Bertz CT molecular complexity index is 292. The van der Waals surface area contributed by atoms with E-state index in [1.807, 2.05) is 0 Å². The molecule has 0 aromatic heterocycles. The SMILES string of the molecule is O=C(O)/C=C/C(=O)N1CCC(F)(F)CC1. The van der Waals surface area contributed by atoms with Crippen LogP contribution in [0.1, 0.15) is 12.8 Å². The molecule has 0 atom stereocenters. The smallest absolute Gasteiger partial charge is 0.328 e. The Morgan fingerprint density at radius 1 is 1.20 bits per heavy atom. The second-order valence-electron chi connectivity index (χ2n) is 3.35. The molecule has 0 saturated carbocycles. The number of carbonyl (C=O) groups is 2. The zero-order chi connectivity index (χ0) is 11.5. The largest absolute Gasteiger partial charge is 0.478 e. The first kappa shape index (κ1) is 11.6. The third-order valence-electron chi connectivity index (χ3n) is 2.18. The predicted octanol–water partition coefficient (Wildman–Crippen LogP) is 0.885. The molecule has 1 N–H and O–H groups in total. The van der Waals surface area contributed by atoms with Crippen LogP contribution in [-0.2, 0) is 9.59 Å². The number of alkyl halides is 2. The van der Waals surface area contributed by atoms with Crippen LogP contribution in [0.2, 0.25) is 0 Å². The summed E-state index contributed by atoms with van der Waals surface area (Å²) in [7, 11) is 0. The van der Waals surface area contributed by atoms with Crippen molar-refractivity contribution in [3.63, 3.8) is 0 Å². The average molecular weight is 219 g/mol. The van der Waals surface area contributed by atoms with Gasteiger partial charge in [0.1, 0.15) is 0 Å². The minimum absolute atomic E-state index is 0.0320. The fourth-order valence-corrected chi connectivity index (χ4v) is 1.30. The zero-order valence-electron chi connectivity index (χ0n) is 7.95. The number of piperidine rings is 1. The van der Waals surface area contributed by atoms with Gasteiger partial charge in [-0.05, 0) is 0 Å². The molecular weight excluding hydrogens is 208 g/mol. The van der Waals surface area contributed by atoms with Crippen molar-refractivity contribution in [1.29, 1.82) is 0 Å². The second-order valence-corrected chi connectivity index (χ2v) is 3.35. The fourth-order valence-electron chi connectivity index (χ4n) is 1.30. The molecule has 0 radical (unpaired) electrons. The van der Waals surface area contributed by atoms with Crippen LogP contribution >= 0.6 is 0 Å². The lowest BCUT2D eigenvalue weighted by Crippen LogP contribution is -2.42. The van der Waals surface area contributed by atoms with Crippen LogP contribution in [0.5, 0.6) is 0 Å². The van der Waals surface area contributed by atoms with Crippen LogP contribution in [0, 0.1) is 0 Å². The molecule has 4 nitrogen and oxygen atoms in total. The molecule has 1 aliphatic heterocycles. The third-order valence-corrected chi connectivity index (χ3v) is 2.18. The molecule has 84 valence electrons. The van der Waals surface area contributed by atoms with Gasteiger partial charge in [0.05, 0.1) is 0 Å². The summed E-state index contributed by atoms with van der Waals surface area (Å²) in [5.74, 6) is -4.47. The number of halogens is 2. The maximum atomic E-state index is 12.7. The predicted molar refractivity (Wildman–Crippen MR) is 47.5 cm³/mol. The van der Waals surface area contributed by atoms with Gasteiger partial charge in [0.15, 0.2) is 0 Å². The number of nitrogens with zero attached hydrogens (tertiary/aromatic N) is 1. The molecule has 1 heterocycles. The Morgan fingerprint density at radius 3 is 2.20 bits per heavy atom. The number of carbonyl (C=O) groups excluding carboxylic acids is 1. The van der Waals surface area contributed by atoms with Crippen molar-refractivity contribution in [2.75, 3.05) is 13.1 Å². The van der Waals surface area contributed by atoms with E-state index in [1.165, 1.54) is 4.90 Å². The normalized spacial score (nSPS) is 20.5. The first-order valence-electron chi connectivity index (χ1n) is 4.48. The molecule has 0 bridgehead atoms. The molecule has 0 unspecified atom stereocenters. The molecule has 1 rings (SSSR count).